The van der Waals surface area contributed by atoms with Gasteiger partial charge in [0.25, 0.3) is 5.78 Å². The van der Waals surface area contributed by atoms with E-state index in [9.17, 15) is 0 Å². The lowest BCUT2D eigenvalue weighted by molar-refractivity contribution is 0.734. The number of aryl methyl sites for hydroxylation is 2. The number of nitrogens with one attached hydrogen (secondary N) is 1. The van der Waals surface area contributed by atoms with Gasteiger partial charge < -0.3 is 5.32 Å². The molecule has 1 unspecified atom stereocenters. The van der Waals surface area contributed by atoms with Crippen LogP contribution in [0.25, 0.3) is 5.78 Å². The smallest absolute Gasteiger partial charge is 0.254 e. The quantitative estimate of drug-likeness (QED) is 0.792. The van der Waals surface area contributed by atoms with Crippen LogP contribution < -0.4 is 5.32 Å². The monoisotopic (exact) mass is 315 g/mol. The van der Waals surface area contributed by atoms with Crippen molar-refractivity contribution in [3.8, 4) is 0 Å². The average Bonchev–Trinajstić information content (AvgIpc) is 2.97. The summed E-state index contributed by atoms with van der Waals surface area (Å²) in [6.45, 7) is 6.09. The van der Waals surface area contributed by atoms with Crippen molar-refractivity contribution in [2.75, 3.05) is 5.32 Å². The zero-order valence-corrected chi connectivity index (χ0v) is 13.6. The van der Waals surface area contributed by atoms with Gasteiger partial charge in [-0.1, -0.05) is 48.4 Å². The van der Waals surface area contributed by atoms with Crippen molar-refractivity contribution in [3.05, 3.63) is 52.4 Å². The zero-order chi connectivity index (χ0) is 15.7. The van der Waals surface area contributed by atoms with E-state index >= 15 is 0 Å². The minimum atomic E-state index is 0.146. The molecule has 2 aromatic heterocycles. The van der Waals surface area contributed by atoms with Crippen molar-refractivity contribution in [3.63, 3.8) is 0 Å². The highest BCUT2D eigenvalue weighted by molar-refractivity contribution is 6.33. The molecule has 1 aromatic carbocycles. The number of rotatable bonds is 4. The van der Waals surface area contributed by atoms with Gasteiger partial charge in [-0.25, -0.2) is 4.98 Å². The van der Waals surface area contributed by atoms with Gasteiger partial charge in [-0.15, -0.1) is 0 Å². The Balaban J connectivity index is 2.02. The summed E-state index contributed by atoms with van der Waals surface area (Å²) in [5, 5.41) is 8.28. The average molecular weight is 316 g/mol. The molecule has 22 heavy (non-hydrogen) atoms. The second-order valence-corrected chi connectivity index (χ2v) is 5.73. The molecule has 0 radical (unpaired) electrons. The van der Waals surface area contributed by atoms with Crippen LogP contribution in [0.15, 0.2) is 30.6 Å². The number of halogens is 1. The van der Waals surface area contributed by atoms with Gasteiger partial charge in [0.1, 0.15) is 11.3 Å². The van der Waals surface area contributed by atoms with E-state index in [1.807, 2.05) is 6.92 Å². The summed E-state index contributed by atoms with van der Waals surface area (Å²) in [5.41, 5.74) is 3.20. The first-order valence-corrected chi connectivity index (χ1v) is 7.67. The lowest BCUT2D eigenvalue weighted by Gasteiger charge is -2.20. The molecule has 0 aliphatic carbocycles. The predicted octanol–water partition coefficient (Wildman–Crippen LogP) is 3.96. The standard InChI is InChI=1S/C16H18ClN5/c1-4-13(12-7-5-10(2)6-8-12)21-15-14(17)11(3)20-16-18-9-19-22(15)16/h5-9,13,21H,4H2,1-3H3. The molecule has 0 aliphatic rings. The zero-order valence-electron chi connectivity index (χ0n) is 12.8. The number of hydrogen-bond acceptors (Lipinski definition) is 4. The van der Waals surface area contributed by atoms with E-state index in [0.29, 0.717) is 10.8 Å². The molecule has 0 spiro atoms. The van der Waals surface area contributed by atoms with Crippen molar-refractivity contribution in [1.82, 2.24) is 19.6 Å². The van der Waals surface area contributed by atoms with Crippen LogP contribution in [0.2, 0.25) is 5.02 Å². The van der Waals surface area contributed by atoms with E-state index in [1.165, 1.54) is 17.5 Å². The minimum Gasteiger partial charge on any atom is -0.362 e. The van der Waals surface area contributed by atoms with Crippen molar-refractivity contribution >= 4 is 23.2 Å². The van der Waals surface area contributed by atoms with Crippen LogP contribution in [0.1, 0.15) is 36.2 Å². The Morgan fingerprint density at radius 2 is 1.95 bits per heavy atom. The molecule has 1 atom stereocenters. The van der Waals surface area contributed by atoms with Gasteiger partial charge >= 0.3 is 0 Å². The third-order valence-corrected chi connectivity index (χ3v) is 4.19. The van der Waals surface area contributed by atoms with Crippen LogP contribution >= 0.6 is 11.6 Å². The number of fused-ring (bicyclic) bond motifs is 1. The van der Waals surface area contributed by atoms with Gasteiger partial charge in [0.15, 0.2) is 5.82 Å². The van der Waals surface area contributed by atoms with Gasteiger partial charge in [-0.3, -0.25) is 0 Å². The molecule has 0 amide bonds. The highest BCUT2D eigenvalue weighted by Gasteiger charge is 2.17. The lowest BCUT2D eigenvalue weighted by atomic mass is 10.0. The van der Waals surface area contributed by atoms with E-state index < -0.39 is 0 Å². The van der Waals surface area contributed by atoms with Gasteiger partial charge in [0, 0.05) is 0 Å². The maximum atomic E-state index is 6.43. The summed E-state index contributed by atoms with van der Waals surface area (Å²) in [7, 11) is 0. The summed E-state index contributed by atoms with van der Waals surface area (Å²) < 4.78 is 1.65. The maximum absolute atomic E-state index is 6.43. The summed E-state index contributed by atoms with van der Waals surface area (Å²) in [6.07, 6.45) is 2.41. The minimum absolute atomic E-state index is 0.146. The molecule has 114 valence electrons. The number of anilines is 1. The number of nitrogens with zero attached hydrogens (tertiary/aromatic N) is 4. The molecule has 0 saturated carbocycles. The first-order valence-electron chi connectivity index (χ1n) is 7.29. The number of hydrogen-bond donors (Lipinski definition) is 1. The fourth-order valence-electron chi connectivity index (χ4n) is 2.44. The maximum Gasteiger partial charge on any atom is 0.254 e. The van der Waals surface area contributed by atoms with Gasteiger partial charge in [-0.05, 0) is 25.8 Å². The summed E-state index contributed by atoms with van der Waals surface area (Å²) >= 11 is 6.43. The summed E-state index contributed by atoms with van der Waals surface area (Å²) in [4.78, 5) is 8.47. The fraction of sp³-hybridized carbons (Fsp3) is 0.312. The summed E-state index contributed by atoms with van der Waals surface area (Å²) in [6, 6.07) is 8.65. The van der Waals surface area contributed by atoms with Crippen LogP contribution in [0.4, 0.5) is 5.82 Å². The molecule has 1 N–H and O–H groups in total. The second-order valence-electron chi connectivity index (χ2n) is 5.35. The molecule has 0 saturated heterocycles. The topological polar surface area (TPSA) is 55.1 Å². The summed E-state index contributed by atoms with van der Waals surface area (Å²) in [5.74, 6) is 1.28. The molecular formula is C16H18ClN5. The largest absolute Gasteiger partial charge is 0.362 e. The molecule has 0 bridgehead atoms. The number of aromatic nitrogens is 4. The van der Waals surface area contributed by atoms with Crippen LogP contribution in [-0.2, 0) is 0 Å². The molecule has 2 heterocycles. The van der Waals surface area contributed by atoms with Crippen LogP contribution in [0, 0.1) is 13.8 Å². The SMILES string of the molecule is CCC(Nc1c(Cl)c(C)nc2ncnn12)c1ccc(C)cc1. The molecule has 5 nitrogen and oxygen atoms in total. The molecule has 0 fully saturated rings. The Kier molecular flexibility index (Phi) is 3.98. The molecule has 3 rings (SSSR count). The first kappa shape index (κ1) is 14.8. The van der Waals surface area contributed by atoms with E-state index in [2.05, 4.69) is 58.5 Å². The highest BCUT2D eigenvalue weighted by Crippen LogP contribution is 2.29. The van der Waals surface area contributed by atoms with Crippen molar-refractivity contribution < 1.29 is 0 Å². The Bertz CT molecular complexity index is 794. The number of benzene rings is 1. The Morgan fingerprint density at radius 3 is 2.64 bits per heavy atom. The van der Waals surface area contributed by atoms with Crippen LogP contribution in [0.5, 0.6) is 0 Å². The van der Waals surface area contributed by atoms with E-state index in [1.54, 1.807) is 4.52 Å². The van der Waals surface area contributed by atoms with E-state index in [-0.39, 0.29) is 6.04 Å². The van der Waals surface area contributed by atoms with Gasteiger partial charge in [0.2, 0.25) is 0 Å². The Labute approximate surface area is 134 Å². The molecule has 3 aromatic rings. The molecule has 0 aliphatic heterocycles. The molecule has 6 heteroatoms. The Morgan fingerprint density at radius 1 is 1.23 bits per heavy atom. The fourth-order valence-corrected chi connectivity index (χ4v) is 2.62. The van der Waals surface area contributed by atoms with Gasteiger partial charge in [-0.2, -0.15) is 14.6 Å². The van der Waals surface area contributed by atoms with Gasteiger partial charge in [0.05, 0.1) is 11.7 Å². The van der Waals surface area contributed by atoms with Crippen molar-refractivity contribution in [1.29, 1.82) is 0 Å². The van der Waals surface area contributed by atoms with Crippen molar-refractivity contribution in [2.45, 2.75) is 33.2 Å². The van der Waals surface area contributed by atoms with Crippen LogP contribution in [-0.4, -0.2) is 19.6 Å². The highest BCUT2D eigenvalue weighted by atomic mass is 35.5. The normalized spacial score (nSPS) is 12.5. The van der Waals surface area contributed by atoms with E-state index in [0.717, 1.165) is 17.9 Å². The second kappa shape index (κ2) is 5.93. The van der Waals surface area contributed by atoms with Crippen LogP contribution in [0.3, 0.4) is 0 Å². The lowest BCUT2D eigenvalue weighted by Crippen LogP contribution is -2.14. The predicted molar refractivity (Wildman–Crippen MR) is 88.4 cm³/mol. The van der Waals surface area contributed by atoms with E-state index in [4.69, 9.17) is 11.6 Å². The first-order chi connectivity index (χ1) is 10.6. The Hall–Kier alpha value is -2.14. The third kappa shape index (κ3) is 2.64. The van der Waals surface area contributed by atoms with Crippen molar-refractivity contribution in [2.24, 2.45) is 0 Å². The third-order valence-electron chi connectivity index (χ3n) is 3.73. The molecular weight excluding hydrogens is 298 g/mol.